The summed E-state index contributed by atoms with van der Waals surface area (Å²) in [5, 5.41) is 9.36. The van der Waals surface area contributed by atoms with E-state index < -0.39 is 11.8 Å². The van der Waals surface area contributed by atoms with Gasteiger partial charge in [-0.15, -0.1) is 0 Å². The SMILES string of the molecule is Nc1ncnn2ccc(-c3ccc(NC(=O)Nc4ccc(F)c(Cl)c4)cc3)c12. The number of halogens is 2. The maximum atomic E-state index is 13.2. The quantitative estimate of drug-likeness (QED) is 0.477. The van der Waals surface area contributed by atoms with Crippen LogP contribution in [0.2, 0.25) is 5.02 Å². The lowest BCUT2D eigenvalue weighted by Gasteiger charge is -2.09. The van der Waals surface area contributed by atoms with Gasteiger partial charge in [0.05, 0.1) is 5.02 Å². The molecule has 0 aliphatic heterocycles. The summed E-state index contributed by atoms with van der Waals surface area (Å²) in [5.74, 6) is -0.165. The van der Waals surface area contributed by atoms with Gasteiger partial charge in [0.25, 0.3) is 0 Å². The van der Waals surface area contributed by atoms with E-state index in [4.69, 9.17) is 17.3 Å². The third kappa shape index (κ3) is 3.45. The standard InChI is InChI=1S/C19H14ClFN6O/c20-15-9-13(5-6-16(15)21)26-19(28)25-12-3-1-11(2-4-12)14-7-8-27-17(14)18(22)23-10-24-27/h1-10H,(H2,22,23,24)(H2,25,26,28). The molecule has 0 aliphatic carbocycles. The molecule has 2 aromatic carbocycles. The molecule has 2 aromatic heterocycles. The first-order valence-electron chi connectivity index (χ1n) is 8.22. The van der Waals surface area contributed by atoms with Gasteiger partial charge in [0, 0.05) is 23.1 Å². The fourth-order valence-corrected chi connectivity index (χ4v) is 2.99. The number of nitrogens with zero attached hydrogens (tertiary/aromatic N) is 3. The number of anilines is 3. The van der Waals surface area contributed by atoms with E-state index in [9.17, 15) is 9.18 Å². The van der Waals surface area contributed by atoms with E-state index in [2.05, 4.69) is 20.7 Å². The second-order valence-electron chi connectivity index (χ2n) is 5.95. The highest BCUT2D eigenvalue weighted by Gasteiger charge is 2.10. The van der Waals surface area contributed by atoms with Crippen LogP contribution in [0.4, 0.5) is 26.4 Å². The van der Waals surface area contributed by atoms with Gasteiger partial charge in [-0.25, -0.2) is 18.7 Å². The van der Waals surface area contributed by atoms with E-state index in [0.29, 0.717) is 22.7 Å². The summed E-state index contributed by atoms with van der Waals surface area (Å²) in [4.78, 5) is 16.1. The third-order valence-electron chi connectivity index (χ3n) is 4.11. The van der Waals surface area contributed by atoms with Crippen molar-refractivity contribution in [1.82, 2.24) is 14.6 Å². The molecule has 28 heavy (non-hydrogen) atoms. The Morgan fingerprint density at radius 3 is 2.54 bits per heavy atom. The van der Waals surface area contributed by atoms with Crippen molar-refractivity contribution in [2.24, 2.45) is 0 Å². The molecular weight excluding hydrogens is 383 g/mol. The Hall–Kier alpha value is -3.65. The topological polar surface area (TPSA) is 97.3 Å². The third-order valence-corrected chi connectivity index (χ3v) is 4.40. The fourth-order valence-electron chi connectivity index (χ4n) is 2.81. The van der Waals surface area contributed by atoms with Crippen LogP contribution in [0.25, 0.3) is 16.6 Å². The summed E-state index contributed by atoms with van der Waals surface area (Å²) in [5.41, 5.74) is 9.43. The number of carbonyl (C=O) groups excluding carboxylic acids is 1. The van der Waals surface area contributed by atoms with Crippen molar-refractivity contribution in [2.45, 2.75) is 0 Å². The first kappa shape index (κ1) is 17.7. The smallest absolute Gasteiger partial charge is 0.323 e. The summed E-state index contributed by atoms with van der Waals surface area (Å²) >= 11 is 5.71. The highest BCUT2D eigenvalue weighted by Crippen LogP contribution is 2.29. The second kappa shape index (κ2) is 7.16. The Morgan fingerprint density at radius 1 is 1.07 bits per heavy atom. The van der Waals surface area contributed by atoms with E-state index in [1.165, 1.54) is 24.5 Å². The summed E-state index contributed by atoms with van der Waals surface area (Å²) in [6, 6.07) is 12.6. The summed E-state index contributed by atoms with van der Waals surface area (Å²) in [6.45, 7) is 0. The number of benzene rings is 2. The lowest BCUT2D eigenvalue weighted by atomic mass is 10.1. The van der Waals surface area contributed by atoms with Crippen LogP contribution in [-0.4, -0.2) is 20.6 Å². The molecule has 9 heteroatoms. The number of hydrogen-bond acceptors (Lipinski definition) is 4. The molecule has 4 aromatic rings. The van der Waals surface area contributed by atoms with E-state index >= 15 is 0 Å². The molecule has 0 fully saturated rings. The number of nitrogens with two attached hydrogens (primary N) is 1. The van der Waals surface area contributed by atoms with Crippen molar-refractivity contribution < 1.29 is 9.18 Å². The van der Waals surface area contributed by atoms with Gasteiger partial charge in [-0.3, -0.25) is 0 Å². The Labute approximate surface area is 164 Å². The molecule has 2 amide bonds. The number of carbonyl (C=O) groups is 1. The number of urea groups is 1. The van der Waals surface area contributed by atoms with Crippen LogP contribution in [0.5, 0.6) is 0 Å². The van der Waals surface area contributed by atoms with Crippen LogP contribution >= 0.6 is 11.6 Å². The molecule has 0 saturated carbocycles. The molecule has 140 valence electrons. The maximum absolute atomic E-state index is 13.2. The minimum atomic E-state index is -0.549. The molecule has 4 N–H and O–H groups in total. The van der Waals surface area contributed by atoms with Crippen LogP contribution in [0.1, 0.15) is 0 Å². The van der Waals surface area contributed by atoms with Gasteiger partial charge in [0.2, 0.25) is 0 Å². The summed E-state index contributed by atoms with van der Waals surface area (Å²) in [6.07, 6.45) is 3.20. The van der Waals surface area contributed by atoms with Gasteiger partial charge in [-0.2, -0.15) is 5.10 Å². The lowest BCUT2D eigenvalue weighted by molar-refractivity contribution is 0.262. The van der Waals surface area contributed by atoms with E-state index in [1.807, 2.05) is 18.2 Å². The van der Waals surface area contributed by atoms with Crippen LogP contribution in [-0.2, 0) is 0 Å². The molecule has 2 heterocycles. The van der Waals surface area contributed by atoms with Crippen molar-refractivity contribution >= 4 is 40.3 Å². The first-order chi connectivity index (χ1) is 13.5. The minimum Gasteiger partial charge on any atom is -0.382 e. The van der Waals surface area contributed by atoms with Gasteiger partial charge in [0.1, 0.15) is 17.7 Å². The largest absolute Gasteiger partial charge is 0.382 e. The Kier molecular flexibility index (Phi) is 4.54. The zero-order chi connectivity index (χ0) is 19.7. The number of nitrogen functional groups attached to an aromatic ring is 1. The van der Waals surface area contributed by atoms with E-state index in [0.717, 1.165) is 11.1 Å². The molecule has 4 rings (SSSR count). The normalized spacial score (nSPS) is 10.8. The van der Waals surface area contributed by atoms with Crippen molar-refractivity contribution in [3.8, 4) is 11.1 Å². The minimum absolute atomic E-state index is 0.0646. The molecule has 0 unspecified atom stereocenters. The van der Waals surface area contributed by atoms with Gasteiger partial charge < -0.3 is 16.4 Å². The highest BCUT2D eigenvalue weighted by molar-refractivity contribution is 6.31. The summed E-state index contributed by atoms with van der Waals surface area (Å²) < 4.78 is 14.8. The number of fused-ring (bicyclic) bond motifs is 1. The second-order valence-corrected chi connectivity index (χ2v) is 6.36. The van der Waals surface area contributed by atoms with Crippen molar-refractivity contribution in [2.75, 3.05) is 16.4 Å². The number of amides is 2. The molecule has 0 atom stereocenters. The van der Waals surface area contributed by atoms with Crippen LogP contribution in [0.3, 0.4) is 0 Å². The van der Waals surface area contributed by atoms with E-state index in [1.54, 1.807) is 22.8 Å². The van der Waals surface area contributed by atoms with Gasteiger partial charge in [0.15, 0.2) is 5.82 Å². The van der Waals surface area contributed by atoms with Gasteiger partial charge >= 0.3 is 6.03 Å². The molecule has 7 nitrogen and oxygen atoms in total. The van der Waals surface area contributed by atoms with Crippen molar-refractivity contribution in [1.29, 1.82) is 0 Å². The lowest BCUT2D eigenvalue weighted by Crippen LogP contribution is -2.19. The van der Waals surface area contributed by atoms with Crippen LogP contribution < -0.4 is 16.4 Å². The predicted octanol–water partition coefficient (Wildman–Crippen LogP) is 4.42. The van der Waals surface area contributed by atoms with Crippen molar-refractivity contribution in [3.05, 3.63) is 71.9 Å². The monoisotopic (exact) mass is 396 g/mol. The zero-order valence-corrected chi connectivity index (χ0v) is 15.1. The predicted molar refractivity (Wildman–Crippen MR) is 107 cm³/mol. The first-order valence-corrected chi connectivity index (χ1v) is 8.60. The average Bonchev–Trinajstić information content (AvgIpc) is 3.11. The molecule has 0 spiro atoms. The average molecular weight is 397 g/mol. The van der Waals surface area contributed by atoms with Gasteiger partial charge in [-0.1, -0.05) is 23.7 Å². The number of rotatable bonds is 3. The number of aromatic nitrogens is 3. The maximum Gasteiger partial charge on any atom is 0.323 e. The number of nitrogens with one attached hydrogen (secondary N) is 2. The molecular formula is C19H14ClFN6O. The summed E-state index contributed by atoms with van der Waals surface area (Å²) in [7, 11) is 0. The van der Waals surface area contributed by atoms with E-state index in [-0.39, 0.29) is 5.02 Å². The zero-order valence-electron chi connectivity index (χ0n) is 14.4. The van der Waals surface area contributed by atoms with Crippen LogP contribution in [0.15, 0.2) is 61.1 Å². The molecule has 0 saturated heterocycles. The molecule has 0 aliphatic rings. The van der Waals surface area contributed by atoms with Gasteiger partial charge in [-0.05, 0) is 42.0 Å². The highest BCUT2D eigenvalue weighted by atomic mass is 35.5. The Balaban J connectivity index is 1.50. The Bertz CT molecular complexity index is 1170. The number of hydrogen-bond donors (Lipinski definition) is 3. The van der Waals surface area contributed by atoms with Crippen molar-refractivity contribution in [3.63, 3.8) is 0 Å². The molecule has 0 bridgehead atoms. The fraction of sp³-hybridized carbons (Fsp3) is 0. The Morgan fingerprint density at radius 2 is 1.79 bits per heavy atom. The molecule has 0 radical (unpaired) electrons. The van der Waals surface area contributed by atoms with Crippen LogP contribution in [0, 0.1) is 5.82 Å².